The zero-order valence-corrected chi connectivity index (χ0v) is 10.2. The van der Waals surface area contributed by atoms with Gasteiger partial charge >= 0.3 is 5.69 Å². The second kappa shape index (κ2) is 5.11. The highest BCUT2D eigenvalue weighted by atomic mass is 35.5. The minimum Gasteiger partial charge on any atom is -0.448 e. The number of nitro groups is 1. The van der Waals surface area contributed by atoms with Gasteiger partial charge in [-0.15, -0.1) is 0 Å². The van der Waals surface area contributed by atoms with Crippen molar-refractivity contribution >= 4 is 23.0 Å². The van der Waals surface area contributed by atoms with E-state index in [1.54, 1.807) is 18.2 Å². The monoisotopic (exact) mass is 282 g/mol. The fourth-order valence-electron chi connectivity index (χ4n) is 1.43. The van der Waals surface area contributed by atoms with Crippen molar-refractivity contribution in [2.75, 3.05) is 5.73 Å². The van der Waals surface area contributed by atoms with Crippen molar-refractivity contribution < 1.29 is 14.1 Å². The molecule has 0 radical (unpaired) electrons. The van der Waals surface area contributed by atoms with Crippen molar-refractivity contribution in [3.8, 4) is 11.5 Å². The Morgan fingerprint density at radius 3 is 2.58 bits per heavy atom. The Morgan fingerprint density at radius 1 is 1.26 bits per heavy atom. The summed E-state index contributed by atoms with van der Waals surface area (Å²) < 4.78 is 18.6. The molecular formula is C12H8ClFN2O3. The molecule has 2 N–H and O–H groups in total. The molecule has 0 unspecified atom stereocenters. The van der Waals surface area contributed by atoms with E-state index in [1.165, 1.54) is 6.07 Å². The summed E-state index contributed by atoms with van der Waals surface area (Å²) in [4.78, 5) is 10.2. The molecule has 0 atom stereocenters. The van der Waals surface area contributed by atoms with E-state index in [9.17, 15) is 14.5 Å². The number of nitrogens with zero attached hydrogens (tertiary/aromatic N) is 1. The first-order chi connectivity index (χ1) is 8.99. The summed E-state index contributed by atoms with van der Waals surface area (Å²) in [6.45, 7) is 0. The fraction of sp³-hybridized carbons (Fsp3) is 0. The molecule has 0 saturated carbocycles. The summed E-state index contributed by atoms with van der Waals surface area (Å²) in [5.41, 5.74) is 5.50. The molecule has 0 bridgehead atoms. The van der Waals surface area contributed by atoms with Crippen LogP contribution < -0.4 is 10.5 Å². The average Bonchev–Trinajstić information content (AvgIpc) is 2.36. The molecule has 0 spiro atoms. The Morgan fingerprint density at radius 2 is 1.95 bits per heavy atom. The Bertz CT molecular complexity index is 649. The van der Waals surface area contributed by atoms with Crippen LogP contribution in [0.15, 0.2) is 36.4 Å². The number of rotatable bonds is 3. The summed E-state index contributed by atoms with van der Waals surface area (Å²) in [5.74, 6) is -0.867. The van der Waals surface area contributed by atoms with E-state index in [0.29, 0.717) is 0 Å². The molecule has 0 aromatic heterocycles. The lowest BCUT2D eigenvalue weighted by molar-refractivity contribution is -0.385. The molecule has 2 rings (SSSR count). The number of nitrogen functional groups attached to an aromatic ring is 1. The number of anilines is 1. The maximum atomic E-state index is 13.4. The molecule has 0 aliphatic heterocycles. The maximum absolute atomic E-state index is 13.4. The number of para-hydroxylation sites is 2. The van der Waals surface area contributed by atoms with E-state index in [0.717, 1.165) is 12.1 Å². The van der Waals surface area contributed by atoms with E-state index in [1.807, 2.05) is 0 Å². The number of nitro benzene ring substituents is 1. The van der Waals surface area contributed by atoms with E-state index in [-0.39, 0.29) is 22.2 Å². The second-order valence-corrected chi connectivity index (χ2v) is 4.04. The van der Waals surface area contributed by atoms with Crippen molar-refractivity contribution in [2.45, 2.75) is 0 Å². The average molecular weight is 283 g/mol. The topological polar surface area (TPSA) is 78.4 Å². The predicted molar refractivity (Wildman–Crippen MR) is 69.0 cm³/mol. The van der Waals surface area contributed by atoms with Crippen LogP contribution in [-0.2, 0) is 0 Å². The van der Waals surface area contributed by atoms with Crippen LogP contribution in [0.5, 0.6) is 11.5 Å². The molecule has 0 saturated heterocycles. The minimum atomic E-state index is -0.809. The third kappa shape index (κ3) is 2.74. The number of hydrogen-bond acceptors (Lipinski definition) is 4. The highest BCUT2D eigenvalue weighted by Gasteiger charge is 2.20. The molecule has 0 amide bonds. The molecule has 0 heterocycles. The van der Waals surface area contributed by atoms with Crippen LogP contribution in [0.3, 0.4) is 0 Å². The van der Waals surface area contributed by atoms with Gasteiger partial charge in [0.25, 0.3) is 0 Å². The van der Waals surface area contributed by atoms with Crippen molar-refractivity contribution in [1.82, 2.24) is 0 Å². The SMILES string of the molecule is Nc1ccccc1Oc1cc(F)c(Cl)cc1[N+](=O)[O-]. The van der Waals surface area contributed by atoms with Crippen LogP contribution in [-0.4, -0.2) is 4.92 Å². The highest BCUT2D eigenvalue weighted by Crippen LogP contribution is 2.36. The normalized spacial score (nSPS) is 10.2. The first-order valence-corrected chi connectivity index (χ1v) is 5.52. The van der Waals surface area contributed by atoms with E-state index in [4.69, 9.17) is 22.1 Å². The van der Waals surface area contributed by atoms with E-state index < -0.39 is 16.4 Å². The third-order valence-electron chi connectivity index (χ3n) is 2.34. The zero-order chi connectivity index (χ0) is 14.0. The van der Waals surface area contributed by atoms with Gasteiger partial charge in [0.2, 0.25) is 5.75 Å². The summed E-state index contributed by atoms with van der Waals surface area (Å²) >= 11 is 5.50. The first-order valence-electron chi connectivity index (χ1n) is 5.15. The fourth-order valence-corrected chi connectivity index (χ4v) is 1.59. The summed E-state index contributed by atoms with van der Waals surface area (Å²) in [7, 11) is 0. The van der Waals surface area contributed by atoms with E-state index in [2.05, 4.69) is 0 Å². The van der Waals surface area contributed by atoms with Crippen LogP contribution in [0.25, 0.3) is 0 Å². The lowest BCUT2D eigenvalue weighted by Crippen LogP contribution is -1.97. The first kappa shape index (κ1) is 13.1. The van der Waals surface area contributed by atoms with Gasteiger partial charge in [-0.3, -0.25) is 10.1 Å². The van der Waals surface area contributed by atoms with Gasteiger partial charge in [-0.05, 0) is 12.1 Å². The van der Waals surface area contributed by atoms with E-state index >= 15 is 0 Å². The summed E-state index contributed by atoms with van der Waals surface area (Å²) in [6.07, 6.45) is 0. The standard InChI is InChI=1S/C12H8ClFN2O3/c13-7-5-10(16(17)18)12(6-8(7)14)19-11-4-2-1-3-9(11)15/h1-6H,15H2. The Kier molecular flexibility index (Phi) is 3.52. The quantitative estimate of drug-likeness (QED) is 0.528. The number of ether oxygens (including phenoxy) is 1. The molecule has 7 heteroatoms. The van der Waals surface area contributed by atoms with Crippen molar-refractivity contribution in [2.24, 2.45) is 0 Å². The number of hydrogen-bond donors (Lipinski definition) is 1. The predicted octanol–water partition coefficient (Wildman–Crippen LogP) is 3.76. The van der Waals surface area contributed by atoms with Gasteiger partial charge in [0.05, 0.1) is 15.6 Å². The minimum absolute atomic E-state index is 0.201. The van der Waals surface area contributed by atoms with Gasteiger partial charge in [-0.25, -0.2) is 4.39 Å². The molecule has 98 valence electrons. The smallest absolute Gasteiger partial charge is 0.313 e. The van der Waals surface area contributed by atoms with Gasteiger partial charge in [0.15, 0.2) is 5.75 Å². The Labute approximate surface area is 112 Å². The summed E-state index contributed by atoms with van der Waals surface area (Å²) in [5, 5.41) is 10.5. The largest absolute Gasteiger partial charge is 0.448 e. The van der Waals surface area contributed by atoms with Crippen LogP contribution >= 0.6 is 11.6 Å². The van der Waals surface area contributed by atoms with Gasteiger partial charge in [-0.2, -0.15) is 0 Å². The summed E-state index contributed by atoms with van der Waals surface area (Å²) in [6, 6.07) is 8.15. The molecule has 19 heavy (non-hydrogen) atoms. The van der Waals surface area contributed by atoms with Crippen LogP contribution in [0.1, 0.15) is 0 Å². The molecule has 0 aliphatic carbocycles. The lowest BCUT2D eigenvalue weighted by Gasteiger charge is -2.09. The Hall–Kier alpha value is -2.34. The maximum Gasteiger partial charge on any atom is 0.313 e. The molecule has 0 fully saturated rings. The molecule has 5 nitrogen and oxygen atoms in total. The van der Waals surface area contributed by atoms with Crippen LogP contribution in [0.2, 0.25) is 5.02 Å². The van der Waals surface area contributed by atoms with Gasteiger partial charge in [0.1, 0.15) is 5.82 Å². The number of benzene rings is 2. The van der Waals surface area contributed by atoms with Gasteiger partial charge in [0, 0.05) is 12.1 Å². The van der Waals surface area contributed by atoms with Crippen molar-refractivity contribution in [3.63, 3.8) is 0 Å². The zero-order valence-electron chi connectivity index (χ0n) is 9.47. The van der Waals surface area contributed by atoms with Crippen LogP contribution in [0.4, 0.5) is 15.8 Å². The van der Waals surface area contributed by atoms with Gasteiger partial charge in [-0.1, -0.05) is 23.7 Å². The third-order valence-corrected chi connectivity index (χ3v) is 2.63. The molecule has 2 aromatic carbocycles. The second-order valence-electron chi connectivity index (χ2n) is 3.63. The molecule has 2 aromatic rings. The number of nitrogens with two attached hydrogens (primary N) is 1. The lowest BCUT2D eigenvalue weighted by atomic mass is 10.2. The molecule has 0 aliphatic rings. The van der Waals surface area contributed by atoms with Crippen molar-refractivity contribution in [1.29, 1.82) is 0 Å². The highest BCUT2D eigenvalue weighted by molar-refractivity contribution is 6.31. The number of halogens is 2. The Balaban J connectivity index is 2.48. The van der Waals surface area contributed by atoms with Crippen LogP contribution in [0, 0.1) is 15.9 Å². The van der Waals surface area contributed by atoms with Gasteiger partial charge < -0.3 is 10.5 Å². The van der Waals surface area contributed by atoms with Crippen molar-refractivity contribution in [3.05, 3.63) is 57.4 Å². The molecular weight excluding hydrogens is 275 g/mol.